The van der Waals surface area contributed by atoms with Crippen molar-refractivity contribution >= 4 is 22.5 Å². The Hall–Kier alpha value is -4.66. The number of fused-ring (bicyclic) bond motifs is 1. The monoisotopic (exact) mass is 560 g/mol. The predicted molar refractivity (Wildman–Crippen MR) is 159 cm³/mol. The van der Waals surface area contributed by atoms with Gasteiger partial charge in [-0.1, -0.05) is 0 Å². The van der Waals surface area contributed by atoms with E-state index in [1.54, 1.807) is 60.5 Å². The van der Waals surface area contributed by atoms with Crippen molar-refractivity contribution in [3.05, 3.63) is 82.1 Å². The van der Waals surface area contributed by atoms with Gasteiger partial charge in [0.05, 0.1) is 45.6 Å². The van der Waals surface area contributed by atoms with Crippen molar-refractivity contribution in [1.82, 2.24) is 4.98 Å². The maximum Gasteiger partial charge on any atom is 0.258 e. The van der Waals surface area contributed by atoms with E-state index in [-0.39, 0.29) is 18.0 Å². The quantitative estimate of drug-likeness (QED) is 0.215. The summed E-state index contributed by atoms with van der Waals surface area (Å²) in [7, 11) is 1.57. The second-order valence-electron chi connectivity index (χ2n) is 9.00. The maximum atomic E-state index is 14.2. The van der Waals surface area contributed by atoms with Gasteiger partial charge in [-0.2, -0.15) is 0 Å². The molecule has 9 nitrogen and oxygen atoms in total. The molecule has 0 spiro atoms. The Bertz CT molecular complexity index is 1520. The molecular formula is C32H36N2O7. The Morgan fingerprint density at radius 3 is 1.95 bits per heavy atom. The zero-order chi connectivity index (χ0) is 29.4. The van der Waals surface area contributed by atoms with Gasteiger partial charge in [0.15, 0.2) is 11.5 Å². The molecule has 1 N–H and O–H groups in total. The van der Waals surface area contributed by atoms with E-state index in [2.05, 4.69) is 4.98 Å². The number of nitrogens with zero attached hydrogens (tertiary/aromatic N) is 1. The van der Waals surface area contributed by atoms with Gasteiger partial charge < -0.3 is 33.6 Å². The molecule has 4 rings (SSSR count). The average Bonchev–Trinajstić information content (AvgIpc) is 2.98. The molecule has 0 fully saturated rings. The van der Waals surface area contributed by atoms with Crippen molar-refractivity contribution in [2.75, 3.05) is 38.4 Å². The number of rotatable bonds is 13. The van der Waals surface area contributed by atoms with Crippen LogP contribution in [0.25, 0.3) is 10.9 Å². The van der Waals surface area contributed by atoms with Gasteiger partial charge in [-0.05, 0) is 87.7 Å². The van der Waals surface area contributed by atoms with Crippen molar-refractivity contribution in [3.63, 3.8) is 0 Å². The standard InChI is InChI=1S/C32H36N2O7/c1-6-38-25-14-11-24(12-15-25)34(20-23-16-21-10-13-26(37-5)19-27(21)33-31(23)35)32(36)22-17-28(39-7-2)30(41-9-4)29(18-22)40-8-3/h10-19H,6-9,20H2,1-5H3,(H,33,35). The van der Waals surface area contributed by atoms with E-state index in [0.29, 0.717) is 77.5 Å². The molecule has 0 saturated carbocycles. The number of amides is 1. The Kier molecular flexibility index (Phi) is 9.73. The van der Waals surface area contributed by atoms with E-state index in [4.69, 9.17) is 23.7 Å². The minimum Gasteiger partial charge on any atom is -0.497 e. The Morgan fingerprint density at radius 1 is 0.756 bits per heavy atom. The first kappa shape index (κ1) is 29.3. The summed E-state index contributed by atoms with van der Waals surface area (Å²) in [6.45, 7) is 9.20. The van der Waals surface area contributed by atoms with Crippen LogP contribution in [-0.2, 0) is 6.54 Å². The van der Waals surface area contributed by atoms with E-state index >= 15 is 0 Å². The first-order valence-electron chi connectivity index (χ1n) is 13.7. The second kappa shape index (κ2) is 13.6. The molecule has 1 amide bonds. The van der Waals surface area contributed by atoms with Gasteiger partial charge in [0.1, 0.15) is 11.5 Å². The Labute approximate surface area is 239 Å². The first-order chi connectivity index (χ1) is 19.9. The Morgan fingerprint density at radius 2 is 1.37 bits per heavy atom. The van der Waals surface area contributed by atoms with Crippen LogP contribution in [0.2, 0.25) is 0 Å². The van der Waals surface area contributed by atoms with Crippen molar-refractivity contribution in [1.29, 1.82) is 0 Å². The van der Waals surface area contributed by atoms with Crippen LogP contribution in [0.5, 0.6) is 28.7 Å². The average molecular weight is 561 g/mol. The summed E-state index contributed by atoms with van der Waals surface area (Å²) in [5.74, 6) is 2.24. The number of anilines is 1. The second-order valence-corrected chi connectivity index (χ2v) is 9.00. The number of carbonyl (C=O) groups is 1. The number of hydrogen-bond donors (Lipinski definition) is 1. The maximum absolute atomic E-state index is 14.2. The third kappa shape index (κ3) is 6.74. The highest BCUT2D eigenvalue weighted by Crippen LogP contribution is 2.40. The lowest BCUT2D eigenvalue weighted by Crippen LogP contribution is -2.33. The fourth-order valence-corrected chi connectivity index (χ4v) is 4.48. The summed E-state index contributed by atoms with van der Waals surface area (Å²) in [5, 5.41) is 0.817. The number of aromatic amines is 1. The van der Waals surface area contributed by atoms with Gasteiger partial charge in [-0.15, -0.1) is 0 Å². The number of methoxy groups -OCH3 is 1. The summed E-state index contributed by atoms with van der Waals surface area (Å²) in [6, 6.07) is 17.7. The lowest BCUT2D eigenvalue weighted by atomic mass is 10.1. The molecule has 0 bridgehead atoms. The smallest absolute Gasteiger partial charge is 0.258 e. The summed E-state index contributed by atoms with van der Waals surface area (Å²) >= 11 is 0. The number of carbonyl (C=O) groups excluding carboxylic acids is 1. The number of aromatic nitrogens is 1. The number of nitrogens with one attached hydrogen (secondary N) is 1. The molecule has 0 radical (unpaired) electrons. The molecule has 0 saturated heterocycles. The van der Waals surface area contributed by atoms with Crippen LogP contribution in [-0.4, -0.2) is 44.4 Å². The summed E-state index contributed by atoms with van der Waals surface area (Å²) in [6.07, 6.45) is 0. The number of benzene rings is 3. The highest BCUT2D eigenvalue weighted by atomic mass is 16.5. The molecule has 3 aromatic carbocycles. The summed E-state index contributed by atoms with van der Waals surface area (Å²) < 4.78 is 28.4. The zero-order valence-electron chi connectivity index (χ0n) is 24.1. The number of ether oxygens (including phenoxy) is 5. The van der Waals surface area contributed by atoms with Crippen molar-refractivity contribution in [3.8, 4) is 28.7 Å². The molecule has 4 aromatic rings. The van der Waals surface area contributed by atoms with E-state index in [1.807, 2.05) is 39.8 Å². The summed E-state index contributed by atoms with van der Waals surface area (Å²) in [5.41, 5.74) is 1.69. The van der Waals surface area contributed by atoms with Crippen LogP contribution in [0.4, 0.5) is 5.69 Å². The van der Waals surface area contributed by atoms with Gasteiger partial charge >= 0.3 is 0 Å². The third-order valence-electron chi connectivity index (χ3n) is 6.32. The minimum absolute atomic E-state index is 0.0191. The largest absolute Gasteiger partial charge is 0.497 e. The van der Waals surface area contributed by atoms with E-state index in [9.17, 15) is 9.59 Å². The fraction of sp³-hybridized carbons (Fsp3) is 0.312. The lowest BCUT2D eigenvalue weighted by molar-refractivity contribution is 0.0984. The molecular weight excluding hydrogens is 524 g/mol. The minimum atomic E-state index is -0.339. The molecule has 216 valence electrons. The molecule has 1 heterocycles. The summed E-state index contributed by atoms with van der Waals surface area (Å²) in [4.78, 5) is 31.9. The van der Waals surface area contributed by atoms with E-state index < -0.39 is 0 Å². The predicted octanol–water partition coefficient (Wildman–Crippen LogP) is 5.98. The van der Waals surface area contributed by atoms with E-state index in [1.165, 1.54) is 0 Å². The Balaban J connectivity index is 1.81. The molecule has 0 aliphatic rings. The highest BCUT2D eigenvalue weighted by Gasteiger charge is 2.24. The van der Waals surface area contributed by atoms with Gasteiger partial charge in [0, 0.05) is 22.9 Å². The lowest BCUT2D eigenvalue weighted by Gasteiger charge is -2.24. The van der Waals surface area contributed by atoms with Crippen LogP contribution >= 0.6 is 0 Å². The van der Waals surface area contributed by atoms with Gasteiger partial charge in [0.2, 0.25) is 5.75 Å². The number of pyridine rings is 1. The van der Waals surface area contributed by atoms with Crippen LogP contribution < -0.4 is 34.1 Å². The first-order valence-corrected chi connectivity index (χ1v) is 13.7. The molecule has 9 heteroatoms. The van der Waals surface area contributed by atoms with Gasteiger partial charge in [-0.25, -0.2) is 0 Å². The topological polar surface area (TPSA) is 99.3 Å². The van der Waals surface area contributed by atoms with Crippen molar-refractivity contribution < 1.29 is 28.5 Å². The van der Waals surface area contributed by atoms with Gasteiger partial charge in [-0.3, -0.25) is 9.59 Å². The normalized spacial score (nSPS) is 10.8. The van der Waals surface area contributed by atoms with Gasteiger partial charge in [0.25, 0.3) is 11.5 Å². The van der Waals surface area contributed by atoms with E-state index in [0.717, 1.165) is 5.39 Å². The molecule has 0 unspecified atom stereocenters. The van der Waals surface area contributed by atoms with Crippen LogP contribution in [0.1, 0.15) is 43.6 Å². The van der Waals surface area contributed by atoms with Crippen LogP contribution in [0.15, 0.2) is 65.5 Å². The fourth-order valence-electron chi connectivity index (χ4n) is 4.48. The molecule has 0 aliphatic carbocycles. The molecule has 0 aliphatic heterocycles. The van der Waals surface area contributed by atoms with Crippen LogP contribution in [0, 0.1) is 0 Å². The highest BCUT2D eigenvalue weighted by molar-refractivity contribution is 6.07. The third-order valence-corrected chi connectivity index (χ3v) is 6.32. The molecule has 41 heavy (non-hydrogen) atoms. The number of H-pyrrole nitrogens is 1. The zero-order valence-corrected chi connectivity index (χ0v) is 24.1. The molecule has 1 aromatic heterocycles. The number of hydrogen-bond acceptors (Lipinski definition) is 7. The van der Waals surface area contributed by atoms with Crippen molar-refractivity contribution in [2.45, 2.75) is 34.2 Å². The van der Waals surface area contributed by atoms with Crippen LogP contribution in [0.3, 0.4) is 0 Å². The van der Waals surface area contributed by atoms with Crippen molar-refractivity contribution in [2.24, 2.45) is 0 Å². The SMILES string of the molecule is CCOc1ccc(N(Cc2cc3ccc(OC)cc3[nH]c2=O)C(=O)c2cc(OCC)c(OCC)c(OCC)c2)cc1. The molecule has 0 atom stereocenters.